The van der Waals surface area contributed by atoms with Crippen LogP contribution in [0.5, 0.6) is 0 Å². The van der Waals surface area contributed by atoms with E-state index in [-0.39, 0.29) is 6.61 Å². The standard InChI is InChI=1S/C13H24N4O/c1-3-12(4-2)17(7-8-18)10-11-5-6-13(16-14)15-9-11/h5-6,9,12,18H,3-4,7-8,10,14H2,1-2H3,(H,15,16). The summed E-state index contributed by atoms with van der Waals surface area (Å²) in [5.74, 6) is 5.95. The van der Waals surface area contributed by atoms with E-state index in [4.69, 9.17) is 10.9 Å². The number of hydrogen-bond donors (Lipinski definition) is 3. The molecule has 0 aliphatic carbocycles. The van der Waals surface area contributed by atoms with Crippen molar-refractivity contribution in [3.8, 4) is 0 Å². The highest BCUT2D eigenvalue weighted by Crippen LogP contribution is 2.13. The second-order valence-corrected chi connectivity index (χ2v) is 4.36. The Morgan fingerprint density at radius 3 is 2.56 bits per heavy atom. The third-order valence-electron chi connectivity index (χ3n) is 3.20. The Balaban J connectivity index is 2.69. The van der Waals surface area contributed by atoms with Crippen molar-refractivity contribution >= 4 is 5.82 Å². The molecule has 0 aliphatic heterocycles. The Kier molecular flexibility index (Phi) is 6.64. The van der Waals surface area contributed by atoms with E-state index in [1.807, 2.05) is 18.3 Å². The number of nitrogens with zero attached hydrogens (tertiary/aromatic N) is 2. The van der Waals surface area contributed by atoms with Crippen LogP contribution in [0.25, 0.3) is 0 Å². The van der Waals surface area contributed by atoms with Gasteiger partial charge in [-0.1, -0.05) is 19.9 Å². The van der Waals surface area contributed by atoms with Crippen LogP contribution in [0.4, 0.5) is 5.82 Å². The summed E-state index contributed by atoms with van der Waals surface area (Å²) in [7, 11) is 0. The minimum Gasteiger partial charge on any atom is -0.395 e. The first kappa shape index (κ1) is 14.9. The van der Waals surface area contributed by atoms with E-state index >= 15 is 0 Å². The number of hydrogen-bond acceptors (Lipinski definition) is 5. The minimum atomic E-state index is 0.187. The summed E-state index contributed by atoms with van der Waals surface area (Å²) in [5.41, 5.74) is 3.65. The number of aliphatic hydroxyl groups excluding tert-OH is 1. The smallest absolute Gasteiger partial charge is 0.139 e. The monoisotopic (exact) mass is 252 g/mol. The van der Waals surface area contributed by atoms with Crippen LogP contribution in [0.15, 0.2) is 18.3 Å². The molecule has 5 heteroatoms. The molecular weight excluding hydrogens is 228 g/mol. The maximum atomic E-state index is 9.15. The number of aromatic nitrogens is 1. The van der Waals surface area contributed by atoms with Crippen molar-refractivity contribution < 1.29 is 5.11 Å². The van der Waals surface area contributed by atoms with Gasteiger partial charge in [0.2, 0.25) is 0 Å². The predicted molar refractivity (Wildman–Crippen MR) is 73.9 cm³/mol. The lowest BCUT2D eigenvalue weighted by Crippen LogP contribution is -2.36. The Labute approximate surface area is 109 Å². The predicted octanol–water partition coefficient (Wildman–Crippen LogP) is 1.35. The summed E-state index contributed by atoms with van der Waals surface area (Å²) in [6, 6.07) is 4.37. The molecule has 1 heterocycles. The number of anilines is 1. The number of nitrogen functional groups attached to an aromatic ring is 1. The Morgan fingerprint density at radius 1 is 1.39 bits per heavy atom. The van der Waals surface area contributed by atoms with Gasteiger partial charge in [-0.3, -0.25) is 4.90 Å². The van der Waals surface area contributed by atoms with Gasteiger partial charge in [-0.25, -0.2) is 10.8 Å². The topological polar surface area (TPSA) is 74.4 Å². The molecule has 102 valence electrons. The van der Waals surface area contributed by atoms with Gasteiger partial charge in [0.05, 0.1) is 6.61 Å². The molecule has 5 nitrogen and oxygen atoms in total. The van der Waals surface area contributed by atoms with Gasteiger partial charge in [-0.05, 0) is 24.5 Å². The average Bonchev–Trinajstić information content (AvgIpc) is 2.41. The maximum absolute atomic E-state index is 9.15. The molecule has 0 saturated carbocycles. The summed E-state index contributed by atoms with van der Waals surface area (Å²) >= 11 is 0. The molecule has 0 amide bonds. The molecule has 1 aromatic heterocycles. The fraction of sp³-hybridized carbons (Fsp3) is 0.615. The first-order valence-corrected chi connectivity index (χ1v) is 6.51. The van der Waals surface area contributed by atoms with Crippen LogP contribution in [-0.2, 0) is 6.54 Å². The van der Waals surface area contributed by atoms with E-state index in [1.165, 1.54) is 0 Å². The van der Waals surface area contributed by atoms with Gasteiger partial charge in [0.1, 0.15) is 5.82 Å². The van der Waals surface area contributed by atoms with E-state index in [1.54, 1.807) is 0 Å². The van der Waals surface area contributed by atoms with Crippen molar-refractivity contribution in [3.05, 3.63) is 23.9 Å². The van der Waals surface area contributed by atoms with Crippen LogP contribution in [0.2, 0.25) is 0 Å². The van der Waals surface area contributed by atoms with Crippen LogP contribution in [0, 0.1) is 0 Å². The van der Waals surface area contributed by atoms with Gasteiger partial charge in [0.15, 0.2) is 0 Å². The van der Waals surface area contributed by atoms with Gasteiger partial charge in [-0.2, -0.15) is 0 Å². The van der Waals surface area contributed by atoms with Crippen molar-refractivity contribution in [2.24, 2.45) is 5.84 Å². The minimum absolute atomic E-state index is 0.187. The highest BCUT2D eigenvalue weighted by Gasteiger charge is 2.14. The molecule has 0 atom stereocenters. The highest BCUT2D eigenvalue weighted by atomic mass is 16.3. The molecule has 1 rings (SSSR count). The van der Waals surface area contributed by atoms with Crippen molar-refractivity contribution in [1.29, 1.82) is 0 Å². The molecule has 18 heavy (non-hydrogen) atoms. The zero-order valence-electron chi connectivity index (χ0n) is 11.3. The van der Waals surface area contributed by atoms with Crippen LogP contribution >= 0.6 is 0 Å². The third kappa shape index (κ3) is 4.25. The van der Waals surface area contributed by atoms with Crippen molar-refractivity contribution in [2.45, 2.75) is 39.3 Å². The number of nitrogens with two attached hydrogens (primary N) is 1. The molecule has 0 aliphatic rings. The van der Waals surface area contributed by atoms with Crippen LogP contribution in [0.3, 0.4) is 0 Å². The quantitative estimate of drug-likeness (QED) is 0.481. The van der Waals surface area contributed by atoms with Gasteiger partial charge in [-0.15, -0.1) is 0 Å². The Morgan fingerprint density at radius 2 is 2.11 bits per heavy atom. The first-order valence-electron chi connectivity index (χ1n) is 6.51. The molecule has 0 spiro atoms. The molecule has 1 aromatic rings. The van der Waals surface area contributed by atoms with E-state index in [0.29, 0.717) is 18.4 Å². The summed E-state index contributed by atoms with van der Waals surface area (Å²) in [5, 5.41) is 9.15. The molecule has 0 saturated heterocycles. The zero-order valence-corrected chi connectivity index (χ0v) is 11.3. The van der Waals surface area contributed by atoms with E-state index in [0.717, 1.165) is 24.9 Å². The lowest BCUT2D eigenvalue weighted by Gasteiger charge is -2.29. The fourth-order valence-corrected chi connectivity index (χ4v) is 2.16. The Bertz CT molecular complexity index is 324. The van der Waals surface area contributed by atoms with Crippen molar-refractivity contribution in [2.75, 3.05) is 18.6 Å². The van der Waals surface area contributed by atoms with Gasteiger partial charge in [0, 0.05) is 25.3 Å². The maximum Gasteiger partial charge on any atom is 0.139 e. The molecule has 0 aromatic carbocycles. The highest BCUT2D eigenvalue weighted by molar-refractivity contribution is 5.33. The lowest BCUT2D eigenvalue weighted by molar-refractivity contribution is 0.136. The second kappa shape index (κ2) is 8.02. The third-order valence-corrected chi connectivity index (χ3v) is 3.20. The number of aliphatic hydroxyl groups is 1. The second-order valence-electron chi connectivity index (χ2n) is 4.36. The van der Waals surface area contributed by atoms with Crippen LogP contribution < -0.4 is 11.3 Å². The van der Waals surface area contributed by atoms with Crippen molar-refractivity contribution in [1.82, 2.24) is 9.88 Å². The molecular formula is C13H24N4O. The van der Waals surface area contributed by atoms with Gasteiger partial charge < -0.3 is 10.5 Å². The average molecular weight is 252 g/mol. The van der Waals surface area contributed by atoms with Crippen LogP contribution in [0.1, 0.15) is 32.3 Å². The summed E-state index contributed by atoms with van der Waals surface area (Å²) in [6.07, 6.45) is 4.00. The van der Waals surface area contributed by atoms with Gasteiger partial charge >= 0.3 is 0 Å². The number of pyridine rings is 1. The Hall–Kier alpha value is -1.17. The summed E-state index contributed by atoms with van der Waals surface area (Å²) in [4.78, 5) is 6.49. The summed E-state index contributed by atoms with van der Waals surface area (Å²) in [6.45, 7) is 6.05. The molecule has 0 radical (unpaired) electrons. The zero-order chi connectivity index (χ0) is 13.4. The van der Waals surface area contributed by atoms with E-state index < -0.39 is 0 Å². The van der Waals surface area contributed by atoms with Gasteiger partial charge in [0.25, 0.3) is 0 Å². The van der Waals surface area contributed by atoms with Crippen molar-refractivity contribution in [3.63, 3.8) is 0 Å². The number of nitrogens with one attached hydrogen (secondary N) is 1. The van der Waals surface area contributed by atoms with E-state index in [2.05, 4.69) is 29.2 Å². The molecule has 0 fully saturated rings. The number of rotatable bonds is 8. The molecule has 0 bridgehead atoms. The molecule has 4 N–H and O–H groups in total. The number of hydrazine groups is 1. The largest absolute Gasteiger partial charge is 0.395 e. The molecule has 0 unspecified atom stereocenters. The lowest BCUT2D eigenvalue weighted by atomic mass is 10.1. The normalized spacial score (nSPS) is 11.2. The van der Waals surface area contributed by atoms with Crippen LogP contribution in [-0.4, -0.2) is 34.2 Å². The SMILES string of the molecule is CCC(CC)N(CCO)Cc1ccc(NN)nc1. The fourth-order valence-electron chi connectivity index (χ4n) is 2.16. The first-order chi connectivity index (χ1) is 8.74. The van der Waals surface area contributed by atoms with E-state index in [9.17, 15) is 0 Å². The summed E-state index contributed by atoms with van der Waals surface area (Å²) < 4.78 is 0.